The Kier molecular flexibility index (Phi) is 5.28. The molecule has 128 valence electrons. The van der Waals surface area contributed by atoms with Gasteiger partial charge >= 0.3 is 0 Å². The Bertz CT molecular complexity index is 882. The minimum Gasteiger partial charge on any atom is -0.387 e. The highest BCUT2D eigenvalue weighted by Gasteiger charge is 2.14. The molecule has 4 N–H and O–H groups in total. The standard InChI is InChI=1S/C17H15ClN4O2S/c18-11-3-1-10(2-4-11)13(23)9-21-16(24)15-6-5-14(25-15)12-7-8-20-17(19)22-12/h1-8,13,23H,9H2,(H,21,24)(H2,19,20,22)/t13-/m1/s1. The number of halogens is 1. The van der Waals surface area contributed by atoms with Crippen LogP contribution in [0, 0.1) is 0 Å². The lowest BCUT2D eigenvalue weighted by molar-refractivity contribution is 0.0920. The van der Waals surface area contributed by atoms with Crippen molar-refractivity contribution in [3.05, 3.63) is 64.1 Å². The van der Waals surface area contributed by atoms with Crippen molar-refractivity contribution in [2.24, 2.45) is 0 Å². The first-order valence-corrected chi connectivity index (χ1v) is 8.63. The molecule has 2 heterocycles. The Morgan fingerprint density at radius 3 is 2.72 bits per heavy atom. The lowest BCUT2D eigenvalue weighted by atomic mass is 10.1. The molecule has 2 aromatic heterocycles. The van der Waals surface area contributed by atoms with Crippen LogP contribution in [0.5, 0.6) is 0 Å². The van der Waals surface area contributed by atoms with E-state index in [0.29, 0.717) is 21.2 Å². The van der Waals surface area contributed by atoms with Crippen molar-refractivity contribution in [1.82, 2.24) is 15.3 Å². The van der Waals surface area contributed by atoms with E-state index >= 15 is 0 Å². The van der Waals surface area contributed by atoms with Gasteiger partial charge in [-0.1, -0.05) is 23.7 Å². The smallest absolute Gasteiger partial charge is 0.261 e. The normalized spacial score (nSPS) is 11.9. The molecule has 0 saturated heterocycles. The van der Waals surface area contributed by atoms with Crippen LogP contribution in [0.4, 0.5) is 5.95 Å². The SMILES string of the molecule is Nc1nccc(-c2ccc(C(=O)NC[C@@H](O)c3ccc(Cl)cc3)s2)n1. The molecule has 8 heteroatoms. The summed E-state index contributed by atoms with van der Waals surface area (Å²) in [6.07, 6.45) is 0.766. The van der Waals surface area contributed by atoms with Crippen LogP contribution in [0.15, 0.2) is 48.7 Å². The maximum Gasteiger partial charge on any atom is 0.261 e. The topological polar surface area (TPSA) is 101 Å². The number of anilines is 1. The number of aromatic nitrogens is 2. The van der Waals surface area contributed by atoms with Crippen molar-refractivity contribution < 1.29 is 9.90 Å². The molecule has 25 heavy (non-hydrogen) atoms. The van der Waals surface area contributed by atoms with Crippen LogP contribution in [0.1, 0.15) is 21.3 Å². The van der Waals surface area contributed by atoms with Crippen molar-refractivity contribution in [3.8, 4) is 10.6 Å². The van der Waals surface area contributed by atoms with E-state index in [4.69, 9.17) is 17.3 Å². The maximum atomic E-state index is 12.3. The molecule has 3 aromatic rings. The lowest BCUT2D eigenvalue weighted by Crippen LogP contribution is -2.27. The Hall–Kier alpha value is -2.48. The average Bonchev–Trinajstić information content (AvgIpc) is 3.10. The third-order valence-electron chi connectivity index (χ3n) is 3.47. The molecule has 0 unspecified atom stereocenters. The first-order valence-electron chi connectivity index (χ1n) is 7.43. The molecule has 1 amide bonds. The van der Waals surface area contributed by atoms with E-state index in [2.05, 4.69) is 15.3 Å². The van der Waals surface area contributed by atoms with E-state index < -0.39 is 6.10 Å². The highest BCUT2D eigenvalue weighted by Crippen LogP contribution is 2.26. The fourth-order valence-corrected chi connectivity index (χ4v) is 3.21. The molecule has 3 rings (SSSR count). The highest BCUT2D eigenvalue weighted by molar-refractivity contribution is 7.17. The summed E-state index contributed by atoms with van der Waals surface area (Å²) in [6, 6.07) is 12.1. The number of nitrogens with zero attached hydrogens (tertiary/aromatic N) is 2. The molecule has 0 bridgehead atoms. The molecule has 0 fully saturated rings. The predicted octanol–water partition coefficient (Wildman–Crippen LogP) is 2.90. The zero-order valence-electron chi connectivity index (χ0n) is 13.0. The summed E-state index contributed by atoms with van der Waals surface area (Å²) in [4.78, 5) is 21.6. The predicted molar refractivity (Wildman–Crippen MR) is 98.5 cm³/mol. The Balaban J connectivity index is 1.63. The van der Waals surface area contributed by atoms with Crippen LogP contribution >= 0.6 is 22.9 Å². The third kappa shape index (κ3) is 4.33. The molecule has 0 radical (unpaired) electrons. The number of rotatable bonds is 5. The van der Waals surface area contributed by atoms with Crippen LogP contribution in [-0.2, 0) is 0 Å². The van der Waals surface area contributed by atoms with Gasteiger partial charge in [0.05, 0.1) is 21.6 Å². The summed E-state index contributed by atoms with van der Waals surface area (Å²) in [5.41, 5.74) is 6.93. The Labute approximate surface area is 153 Å². The number of carbonyl (C=O) groups is 1. The van der Waals surface area contributed by atoms with E-state index in [0.717, 1.165) is 4.88 Å². The average molecular weight is 375 g/mol. The number of nitrogen functional groups attached to an aromatic ring is 1. The van der Waals surface area contributed by atoms with Crippen molar-refractivity contribution in [2.75, 3.05) is 12.3 Å². The van der Waals surface area contributed by atoms with E-state index in [1.54, 1.807) is 48.7 Å². The first kappa shape index (κ1) is 17.3. The second-order valence-electron chi connectivity index (χ2n) is 5.24. The quantitative estimate of drug-likeness (QED) is 0.637. The number of carbonyl (C=O) groups excluding carboxylic acids is 1. The molecule has 1 atom stereocenters. The molecule has 0 aliphatic heterocycles. The number of nitrogens with two attached hydrogens (primary N) is 1. The number of nitrogens with one attached hydrogen (secondary N) is 1. The Morgan fingerprint density at radius 1 is 1.24 bits per heavy atom. The molecule has 0 aliphatic rings. The number of thiophene rings is 1. The number of aliphatic hydroxyl groups is 1. The zero-order valence-corrected chi connectivity index (χ0v) is 14.6. The molecule has 0 aliphatic carbocycles. The number of hydrogen-bond acceptors (Lipinski definition) is 6. The molecule has 1 aromatic carbocycles. The Morgan fingerprint density at radius 2 is 2.00 bits per heavy atom. The van der Waals surface area contributed by atoms with Crippen molar-refractivity contribution in [2.45, 2.75) is 6.10 Å². The van der Waals surface area contributed by atoms with E-state index in [1.165, 1.54) is 11.3 Å². The second kappa shape index (κ2) is 7.60. The summed E-state index contributed by atoms with van der Waals surface area (Å²) in [6.45, 7) is 0.105. The second-order valence-corrected chi connectivity index (χ2v) is 6.76. The fourth-order valence-electron chi connectivity index (χ4n) is 2.19. The first-order chi connectivity index (χ1) is 12.0. The van der Waals surface area contributed by atoms with E-state index in [1.807, 2.05) is 0 Å². The molecule has 0 saturated carbocycles. The summed E-state index contributed by atoms with van der Waals surface area (Å²) >= 11 is 7.11. The highest BCUT2D eigenvalue weighted by atomic mass is 35.5. The number of amides is 1. The van der Waals surface area contributed by atoms with Crippen LogP contribution in [0.3, 0.4) is 0 Å². The van der Waals surface area contributed by atoms with Gasteiger partial charge in [0.2, 0.25) is 5.95 Å². The van der Waals surface area contributed by atoms with Gasteiger partial charge in [-0.3, -0.25) is 4.79 Å². The largest absolute Gasteiger partial charge is 0.387 e. The summed E-state index contributed by atoms with van der Waals surface area (Å²) in [5, 5.41) is 13.4. The van der Waals surface area contributed by atoms with Gasteiger partial charge in [0.15, 0.2) is 0 Å². The van der Waals surface area contributed by atoms with E-state index in [9.17, 15) is 9.90 Å². The molecular weight excluding hydrogens is 360 g/mol. The summed E-state index contributed by atoms with van der Waals surface area (Å²) in [5.74, 6) is -0.0747. The lowest BCUT2D eigenvalue weighted by Gasteiger charge is -2.11. The number of aliphatic hydroxyl groups excluding tert-OH is 1. The van der Waals surface area contributed by atoms with Gasteiger partial charge in [-0.2, -0.15) is 0 Å². The van der Waals surface area contributed by atoms with Gasteiger partial charge in [0, 0.05) is 17.8 Å². The molecular formula is C17H15ClN4O2S. The van der Waals surface area contributed by atoms with Gasteiger partial charge in [-0.05, 0) is 35.9 Å². The molecule has 0 spiro atoms. The van der Waals surface area contributed by atoms with Gasteiger partial charge in [0.25, 0.3) is 5.91 Å². The minimum atomic E-state index is -0.803. The maximum absolute atomic E-state index is 12.3. The summed E-state index contributed by atoms with van der Waals surface area (Å²) in [7, 11) is 0. The van der Waals surface area contributed by atoms with Crippen LogP contribution in [-0.4, -0.2) is 27.5 Å². The van der Waals surface area contributed by atoms with Gasteiger partial charge < -0.3 is 16.2 Å². The van der Waals surface area contributed by atoms with Crippen LogP contribution in [0.2, 0.25) is 5.02 Å². The van der Waals surface area contributed by atoms with Crippen molar-refractivity contribution >= 4 is 34.8 Å². The third-order valence-corrected chi connectivity index (χ3v) is 4.83. The minimum absolute atomic E-state index is 0.105. The summed E-state index contributed by atoms with van der Waals surface area (Å²) < 4.78 is 0. The zero-order chi connectivity index (χ0) is 17.8. The van der Waals surface area contributed by atoms with Crippen LogP contribution in [0.25, 0.3) is 10.6 Å². The monoisotopic (exact) mass is 374 g/mol. The van der Waals surface area contributed by atoms with Crippen molar-refractivity contribution in [3.63, 3.8) is 0 Å². The van der Waals surface area contributed by atoms with Crippen molar-refractivity contribution in [1.29, 1.82) is 0 Å². The van der Waals surface area contributed by atoms with E-state index in [-0.39, 0.29) is 18.4 Å². The van der Waals surface area contributed by atoms with Crippen LogP contribution < -0.4 is 11.1 Å². The number of hydrogen-bond donors (Lipinski definition) is 3. The molecule has 6 nitrogen and oxygen atoms in total. The van der Waals surface area contributed by atoms with Gasteiger partial charge in [0.1, 0.15) is 0 Å². The van der Waals surface area contributed by atoms with Gasteiger partial charge in [-0.15, -0.1) is 11.3 Å². The fraction of sp³-hybridized carbons (Fsp3) is 0.118. The van der Waals surface area contributed by atoms with Gasteiger partial charge in [-0.25, -0.2) is 9.97 Å². The number of benzene rings is 1.